The van der Waals surface area contributed by atoms with E-state index in [0.29, 0.717) is 0 Å². The summed E-state index contributed by atoms with van der Waals surface area (Å²) in [6.07, 6.45) is 0. The summed E-state index contributed by atoms with van der Waals surface area (Å²) in [7, 11) is 1.70. The van der Waals surface area contributed by atoms with Crippen LogP contribution in [0.25, 0.3) is 0 Å². The maximum absolute atomic E-state index is 5.58. The minimum absolute atomic E-state index is 0.753. The van der Waals surface area contributed by atoms with Gasteiger partial charge in [-0.3, -0.25) is 4.90 Å². The smallest absolute Gasteiger partial charge is 0.120 e. The first kappa shape index (κ1) is 13.7. The lowest BCUT2D eigenvalue weighted by molar-refractivity contribution is 0.201. The fraction of sp³-hybridized carbons (Fsp3) is 0.538. The molecule has 100 valence electrons. The van der Waals surface area contributed by atoms with Crippen LogP contribution in [0, 0.1) is 0 Å². The standard InChI is InChI=1S/C13H21N3OS/c1-17-12-3-2-4-13(11-12)18-16-9-7-15(6-5-14)8-10-16/h2-4,11H,5-10,14H2,1H3. The number of methoxy groups -OCH3 is 1. The SMILES string of the molecule is COc1cccc(SN2CCN(CCN)CC2)c1. The van der Waals surface area contributed by atoms with Crippen LogP contribution in [0.3, 0.4) is 0 Å². The molecule has 1 saturated heterocycles. The summed E-state index contributed by atoms with van der Waals surface area (Å²) in [6.45, 7) is 6.15. The minimum Gasteiger partial charge on any atom is -0.497 e. The monoisotopic (exact) mass is 267 g/mol. The van der Waals surface area contributed by atoms with Crippen LogP contribution in [0.2, 0.25) is 0 Å². The zero-order valence-electron chi connectivity index (χ0n) is 10.8. The van der Waals surface area contributed by atoms with E-state index in [2.05, 4.69) is 21.3 Å². The Morgan fingerprint density at radius 2 is 2.06 bits per heavy atom. The van der Waals surface area contributed by atoms with E-state index in [1.165, 1.54) is 4.90 Å². The summed E-state index contributed by atoms with van der Waals surface area (Å²) in [5.41, 5.74) is 5.58. The molecule has 0 amide bonds. The highest BCUT2D eigenvalue weighted by atomic mass is 32.2. The molecule has 1 aromatic rings. The molecule has 5 heteroatoms. The third-order valence-electron chi connectivity index (χ3n) is 3.05. The van der Waals surface area contributed by atoms with Gasteiger partial charge in [0.25, 0.3) is 0 Å². The number of piperazine rings is 1. The van der Waals surface area contributed by atoms with Crippen LogP contribution in [0.4, 0.5) is 0 Å². The maximum atomic E-state index is 5.58. The summed E-state index contributed by atoms with van der Waals surface area (Å²) in [6, 6.07) is 8.21. The van der Waals surface area contributed by atoms with Crippen molar-refractivity contribution < 1.29 is 4.74 Å². The van der Waals surface area contributed by atoms with Crippen LogP contribution in [0.5, 0.6) is 5.75 Å². The highest BCUT2D eigenvalue weighted by Crippen LogP contribution is 2.26. The average Bonchev–Trinajstić information content (AvgIpc) is 2.42. The molecule has 0 radical (unpaired) electrons. The normalized spacial score (nSPS) is 17.9. The third-order valence-corrected chi connectivity index (χ3v) is 4.14. The van der Waals surface area contributed by atoms with Crippen molar-refractivity contribution in [3.8, 4) is 5.75 Å². The number of rotatable bonds is 5. The topological polar surface area (TPSA) is 41.7 Å². The Kier molecular flexibility index (Phi) is 5.31. The molecule has 1 heterocycles. The lowest BCUT2D eigenvalue weighted by Gasteiger charge is -2.33. The number of benzene rings is 1. The molecule has 1 aromatic carbocycles. The fourth-order valence-electron chi connectivity index (χ4n) is 2.03. The highest BCUT2D eigenvalue weighted by Gasteiger charge is 2.16. The van der Waals surface area contributed by atoms with E-state index in [9.17, 15) is 0 Å². The summed E-state index contributed by atoms with van der Waals surface area (Å²) >= 11 is 1.81. The predicted molar refractivity (Wildman–Crippen MR) is 75.9 cm³/mol. The van der Waals surface area contributed by atoms with E-state index in [1.807, 2.05) is 24.1 Å². The second kappa shape index (κ2) is 6.99. The van der Waals surface area contributed by atoms with Gasteiger partial charge in [0.1, 0.15) is 5.75 Å². The Bertz CT molecular complexity index is 367. The molecular weight excluding hydrogens is 246 g/mol. The average molecular weight is 267 g/mol. The molecule has 0 aromatic heterocycles. The Morgan fingerprint density at radius 3 is 2.72 bits per heavy atom. The van der Waals surface area contributed by atoms with Crippen molar-refractivity contribution >= 4 is 11.9 Å². The van der Waals surface area contributed by atoms with Crippen molar-refractivity contribution in [2.75, 3.05) is 46.4 Å². The van der Waals surface area contributed by atoms with E-state index in [4.69, 9.17) is 10.5 Å². The molecule has 0 aliphatic carbocycles. The van der Waals surface area contributed by atoms with Crippen molar-refractivity contribution in [2.45, 2.75) is 4.90 Å². The first-order valence-corrected chi connectivity index (χ1v) is 7.08. The largest absolute Gasteiger partial charge is 0.497 e. The van der Waals surface area contributed by atoms with Gasteiger partial charge in [-0.15, -0.1) is 0 Å². The molecule has 18 heavy (non-hydrogen) atoms. The van der Waals surface area contributed by atoms with Crippen LogP contribution >= 0.6 is 11.9 Å². The molecule has 0 unspecified atom stereocenters. The fourth-order valence-corrected chi connectivity index (χ4v) is 2.99. The van der Waals surface area contributed by atoms with Crippen LogP contribution in [-0.4, -0.2) is 55.6 Å². The van der Waals surface area contributed by atoms with Crippen LogP contribution < -0.4 is 10.5 Å². The van der Waals surface area contributed by atoms with Gasteiger partial charge in [-0.2, -0.15) is 0 Å². The Morgan fingerprint density at radius 1 is 1.28 bits per heavy atom. The van der Waals surface area contributed by atoms with E-state index in [1.54, 1.807) is 7.11 Å². The van der Waals surface area contributed by atoms with Gasteiger partial charge in [0.05, 0.1) is 7.11 Å². The number of ether oxygens (including phenoxy) is 1. The van der Waals surface area contributed by atoms with Gasteiger partial charge >= 0.3 is 0 Å². The van der Waals surface area contributed by atoms with Crippen LogP contribution in [0.1, 0.15) is 0 Å². The summed E-state index contributed by atoms with van der Waals surface area (Å²) < 4.78 is 7.64. The van der Waals surface area contributed by atoms with E-state index >= 15 is 0 Å². The first-order chi connectivity index (χ1) is 8.81. The van der Waals surface area contributed by atoms with Crippen LogP contribution in [0.15, 0.2) is 29.2 Å². The molecule has 1 aliphatic rings. The second-order valence-corrected chi connectivity index (χ2v) is 5.50. The first-order valence-electron chi connectivity index (χ1n) is 6.31. The van der Waals surface area contributed by atoms with Gasteiger partial charge in [-0.05, 0) is 30.1 Å². The second-order valence-electron chi connectivity index (χ2n) is 4.33. The number of hydrogen-bond donors (Lipinski definition) is 1. The molecule has 4 nitrogen and oxygen atoms in total. The van der Waals surface area contributed by atoms with E-state index < -0.39 is 0 Å². The number of nitrogens with zero attached hydrogens (tertiary/aromatic N) is 2. The third kappa shape index (κ3) is 3.88. The summed E-state index contributed by atoms with van der Waals surface area (Å²) in [5, 5.41) is 0. The molecule has 0 spiro atoms. The van der Waals surface area contributed by atoms with Crippen molar-refractivity contribution in [1.29, 1.82) is 0 Å². The summed E-state index contributed by atoms with van der Waals surface area (Å²) in [4.78, 5) is 3.66. The quantitative estimate of drug-likeness (QED) is 0.814. The number of nitrogens with two attached hydrogens (primary N) is 1. The van der Waals surface area contributed by atoms with Gasteiger partial charge in [0.2, 0.25) is 0 Å². The van der Waals surface area contributed by atoms with E-state index in [-0.39, 0.29) is 0 Å². The van der Waals surface area contributed by atoms with Crippen molar-refractivity contribution in [3.05, 3.63) is 24.3 Å². The summed E-state index contributed by atoms with van der Waals surface area (Å²) in [5.74, 6) is 0.918. The Balaban J connectivity index is 1.83. The lowest BCUT2D eigenvalue weighted by atomic mass is 10.3. The van der Waals surface area contributed by atoms with Gasteiger partial charge in [0, 0.05) is 44.2 Å². The van der Waals surface area contributed by atoms with E-state index in [0.717, 1.165) is 45.0 Å². The van der Waals surface area contributed by atoms with Gasteiger partial charge < -0.3 is 10.5 Å². The van der Waals surface area contributed by atoms with Gasteiger partial charge in [-0.25, -0.2) is 4.31 Å². The minimum atomic E-state index is 0.753. The molecule has 1 aliphatic heterocycles. The molecule has 0 bridgehead atoms. The molecular formula is C13H21N3OS. The molecule has 0 saturated carbocycles. The maximum Gasteiger partial charge on any atom is 0.120 e. The Hall–Kier alpha value is -0.750. The van der Waals surface area contributed by atoms with Crippen molar-refractivity contribution in [3.63, 3.8) is 0 Å². The van der Waals surface area contributed by atoms with Gasteiger partial charge in [-0.1, -0.05) is 6.07 Å². The zero-order valence-corrected chi connectivity index (χ0v) is 11.7. The van der Waals surface area contributed by atoms with Crippen LogP contribution in [-0.2, 0) is 0 Å². The molecule has 2 N–H and O–H groups in total. The van der Waals surface area contributed by atoms with Crippen molar-refractivity contribution in [2.24, 2.45) is 5.73 Å². The molecule has 0 atom stereocenters. The Labute approximate surface area is 113 Å². The number of hydrogen-bond acceptors (Lipinski definition) is 5. The zero-order chi connectivity index (χ0) is 12.8. The lowest BCUT2D eigenvalue weighted by Crippen LogP contribution is -2.45. The van der Waals surface area contributed by atoms with Crippen molar-refractivity contribution in [1.82, 2.24) is 9.21 Å². The highest BCUT2D eigenvalue weighted by molar-refractivity contribution is 7.97. The molecule has 1 fully saturated rings. The predicted octanol–water partition coefficient (Wildman–Crippen LogP) is 1.28. The van der Waals surface area contributed by atoms with Gasteiger partial charge in [0.15, 0.2) is 0 Å². The molecule has 2 rings (SSSR count).